The third kappa shape index (κ3) is 3.92. The SMILES string of the molecule is CC(=O)c1cccc(N2C=C(c3ccccn3)C=C(c3ccccc3C#N)C2C=O)c1. The minimum Gasteiger partial charge on any atom is -0.333 e. The van der Waals surface area contributed by atoms with Crippen LogP contribution in [0, 0.1) is 11.3 Å². The molecule has 0 bridgehead atoms. The lowest BCUT2D eigenvalue weighted by Crippen LogP contribution is -2.36. The number of rotatable bonds is 5. The van der Waals surface area contributed by atoms with Crippen LogP contribution in [-0.2, 0) is 4.79 Å². The summed E-state index contributed by atoms with van der Waals surface area (Å²) in [5.41, 5.74) is 4.68. The summed E-state index contributed by atoms with van der Waals surface area (Å²) < 4.78 is 0. The number of carbonyl (C=O) groups excluding carboxylic acids is 2. The van der Waals surface area contributed by atoms with Crippen LogP contribution >= 0.6 is 0 Å². The van der Waals surface area contributed by atoms with E-state index in [0.29, 0.717) is 28.0 Å². The zero-order valence-electron chi connectivity index (χ0n) is 16.9. The van der Waals surface area contributed by atoms with Crippen LogP contribution in [0.1, 0.15) is 34.1 Å². The van der Waals surface area contributed by atoms with Gasteiger partial charge in [-0.15, -0.1) is 0 Å². The van der Waals surface area contributed by atoms with Gasteiger partial charge in [-0.25, -0.2) is 0 Å². The first-order valence-electron chi connectivity index (χ1n) is 9.81. The number of aldehydes is 1. The van der Waals surface area contributed by atoms with E-state index in [4.69, 9.17) is 0 Å². The van der Waals surface area contributed by atoms with Crippen LogP contribution < -0.4 is 4.90 Å². The van der Waals surface area contributed by atoms with E-state index in [1.165, 1.54) is 6.92 Å². The van der Waals surface area contributed by atoms with Crippen molar-refractivity contribution >= 4 is 28.9 Å². The van der Waals surface area contributed by atoms with Crippen molar-refractivity contribution in [1.29, 1.82) is 5.26 Å². The van der Waals surface area contributed by atoms with E-state index in [2.05, 4.69) is 11.1 Å². The molecule has 0 radical (unpaired) electrons. The minimum absolute atomic E-state index is 0.0546. The lowest BCUT2D eigenvalue weighted by Gasteiger charge is -2.33. The first-order chi connectivity index (χ1) is 15.1. The van der Waals surface area contributed by atoms with E-state index in [-0.39, 0.29) is 5.78 Å². The summed E-state index contributed by atoms with van der Waals surface area (Å²) in [7, 11) is 0. The predicted molar refractivity (Wildman–Crippen MR) is 120 cm³/mol. The Kier molecular flexibility index (Phi) is 5.55. The molecule has 1 atom stereocenters. The maximum absolute atomic E-state index is 12.3. The largest absolute Gasteiger partial charge is 0.333 e. The molecule has 4 rings (SSSR count). The highest BCUT2D eigenvalue weighted by atomic mass is 16.1. The second kappa shape index (κ2) is 8.60. The summed E-state index contributed by atoms with van der Waals surface area (Å²) in [6.45, 7) is 1.51. The molecule has 1 aliphatic rings. The Morgan fingerprint density at radius 3 is 2.61 bits per heavy atom. The summed E-state index contributed by atoms with van der Waals surface area (Å²) in [4.78, 5) is 30.5. The average Bonchev–Trinajstić information content (AvgIpc) is 2.83. The van der Waals surface area contributed by atoms with E-state index < -0.39 is 6.04 Å². The number of anilines is 1. The third-order valence-electron chi connectivity index (χ3n) is 5.21. The summed E-state index contributed by atoms with van der Waals surface area (Å²) in [5, 5.41) is 9.63. The molecule has 0 saturated heterocycles. The molecule has 0 amide bonds. The molecule has 3 aromatic rings. The minimum atomic E-state index is -0.663. The Hall–Kier alpha value is -4.30. The number of hydrogen-bond acceptors (Lipinski definition) is 5. The highest BCUT2D eigenvalue weighted by molar-refractivity contribution is 6.00. The monoisotopic (exact) mass is 405 g/mol. The maximum atomic E-state index is 12.3. The number of pyridine rings is 1. The van der Waals surface area contributed by atoms with Gasteiger partial charge in [0.25, 0.3) is 0 Å². The maximum Gasteiger partial charge on any atom is 0.159 e. The Balaban J connectivity index is 1.93. The van der Waals surface area contributed by atoms with Gasteiger partial charge in [-0.2, -0.15) is 5.26 Å². The number of carbonyl (C=O) groups is 2. The number of benzene rings is 2. The topological polar surface area (TPSA) is 74.1 Å². The first kappa shape index (κ1) is 20.0. The van der Waals surface area contributed by atoms with Crippen LogP contribution in [0.3, 0.4) is 0 Å². The van der Waals surface area contributed by atoms with Crippen molar-refractivity contribution in [3.05, 3.63) is 108 Å². The van der Waals surface area contributed by atoms with Crippen molar-refractivity contribution in [2.45, 2.75) is 13.0 Å². The Morgan fingerprint density at radius 1 is 1.10 bits per heavy atom. The highest BCUT2D eigenvalue weighted by Gasteiger charge is 2.28. The number of hydrogen-bond donors (Lipinski definition) is 0. The smallest absolute Gasteiger partial charge is 0.159 e. The highest BCUT2D eigenvalue weighted by Crippen LogP contribution is 2.36. The molecule has 0 N–H and O–H groups in total. The van der Waals surface area contributed by atoms with E-state index in [9.17, 15) is 14.9 Å². The van der Waals surface area contributed by atoms with Gasteiger partial charge in [0, 0.05) is 29.2 Å². The van der Waals surface area contributed by atoms with Crippen LogP contribution in [-0.4, -0.2) is 23.1 Å². The lowest BCUT2D eigenvalue weighted by molar-refractivity contribution is -0.107. The fourth-order valence-electron chi connectivity index (χ4n) is 3.67. The van der Waals surface area contributed by atoms with Crippen LogP contribution in [0.4, 0.5) is 5.69 Å². The van der Waals surface area contributed by atoms with Gasteiger partial charge in [0.05, 0.1) is 17.3 Å². The van der Waals surface area contributed by atoms with Gasteiger partial charge >= 0.3 is 0 Å². The Morgan fingerprint density at radius 2 is 1.90 bits per heavy atom. The molecule has 0 spiro atoms. The fourth-order valence-corrected chi connectivity index (χ4v) is 3.67. The van der Waals surface area contributed by atoms with E-state index in [1.54, 1.807) is 36.5 Å². The zero-order chi connectivity index (χ0) is 21.8. The standard InChI is InChI=1S/C26H19N3O2/c1-18(31)19-8-6-9-22(13-19)29-16-21(25-11-4-5-12-28-25)14-24(26(29)17-30)23-10-3-2-7-20(23)15-27/h2-14,16-17,26H,1H3. The van der Waals surface area contributed by atoms with Crippen molar-refractivity contribution in [3.8, 4) is 6.07 Å². The van der Waals surface area contributed by atoms with Crippen LogP contribution in [0.2, 0.25) is 0 Å². The number of allylic oxidation sites excluding steroid dienone is 2. The Bertz CT molecular complexity index is 1250. The molecule has 1 aromatic heterocycles. The normalized spacial score (nSPS) is 15.5. The lowest BCUT2D eigenvalue weighted by atomic mass is 9.89. The van der Waals surface area contributed by atoms with Crippen LogP contribution in [0.15, 0.2) is 85.2 Å². The van der Waals surface area contributed by atoms with Crippen molar-refractivity contribution in [1.82, 2.24) is 4.98 Å². The van der Waals surface area contributed by atoms with Crippen molar-refractivity contribution in [2.75, 3.05) is 4.90 Å². The third-order valence-corrected chi connectivity index (χ3v) is 5.21. The second-order valence-corrected chi connectivity index (χ2v) is 7.15. The van der Waals surface area contributed by atoms with Gasteiger partial charge in [0.2, 0.25) is 0 Å². The molecular weight excluding hydrogens is 386 g/mol. The molecule has 2 heterocycles. The van der Waals surface area contributed by atoms with Crippen molar-refractivity contribution < 1.29 is 9.59 Å². The molecule has 0 aliphatic carbocycles. The molecule has 150 valence electrons. The summed E-state index contributed by atoms with van der Waals surface area (Å²) in [5.74, 6) is -0.0546. The molecular formula is C26H19N3O2. The molecule has 5 heteroatoms. The first-order valence-corrected chi connectivity index (χ1v) is 9.81. The molecule has 0 saturated carbocycles. The summed E-state index contributed by atoms with van der Waals surface area (Å²) in [6, 6.07) is 21.6. The van der Waals surface area contributed by atoms with Gasteiger partial charge < -0.3 is 9.69 Å². The molecule has 2 aromatic carbocycles. The van der Waals surface area contributed by atoms with Gasteiger partial charge in [-0.05, 0) is 54.5 Å². The van der Waals surface area contributed by atoms with Crippen molar-refractivity contribution in [3.63, 3.8) is 0 Å². The van der Waals surface area contributed by atoms with E-state index in [0.717, 1.165) is 17.6 Å². The average molecular weight is 405 g/mol. The predicted octanol–water partition coefficient (Wildman–Crippen LogP) is 4.67. The van der Waals surface area contributed by atoms with Gasteiger partial charge in [0.1, 0.15) is 12.3 Å². The van der Waals surface area contributed by atoms with Gasteiger partial charge in [-0.1, -0.05) is 36.4 Å². The molecule has 31 heavy (non-hydrogen) atoms. The molecule has 1 unspecified atom stereocenters. The molecule has 0 fully saturated rings. The summed E-state index contributed by atoms with van der Waals surface area (Å²) in [6.07, 6.45) is 6.33. The summed E-state index contributed by atoms with van der Waals surface area (Å²) >= 11 is 0. The van der Waals surface area contributed by atoms with Gasteiger partial charge in [-0.3, -0.25) is 9.78 Å². The molecule has 1 aliphatic heterocycles. The second-order valence-electron chi connectivity index (χ2n) is 7.15. The molecule has 5 nitrogen and oxygen atoms in total. The Labute approximate surface area is 180 Å². The fraction of sp³-hybridized carbons (Fsp3) is 0.0769. The number of Topliss-reactive ketones (excluding diaryl/α,β-unsaturated/α-hetero) is 1. The quantitative estimate of drug-likeness (QED) is 0.456. The van der Waals surface area contributed by atoms with Crippen LogP contribution in [0.25, 0.3) is 11.1 Å². The number of nitriles is 1. The number of aromatic nitrogens is 1. The zero-order valence-corrected chi connectivity index (χ0v) is 16.9. The van der Waals surface area contributed by atoms with E-state index in [1.807, 2.05) is 53.6 Å². The number of nitrogens with zero attached hydrogens (tertiary/aromatic N) is 3. The van der Waals surface area contributed by atoms with Gasteiger partial charge in [0.15, 0.2) is 5.78 Å². The van der Waals surface area contributed by atoms with Crippen LogP contribution in [0.5, 0.6) is 0 Å². The van der Waals surface area contributed by atoms with E-state index >= 15 is 0 Å². The van der Waals surface area contributed by atoms with Crippen molar-refractivity contribution in [2.24, 2.45) is 0 Å². The number of ketones is 1.